The second-order valence-corrected chi connectivity index (χ2v) is 3.81. The third-order valence-electron chi connectivity index (χ3n) is 2.45. The number of esters is 1. The van der Waals surface area contributed by atoms with Crippen LogP contribution in [0.1, 0.15) is 12.7 Å². The molecule has 4 nitrogen and oxygen atoms in total. The molecule has 90 valence electrons. The van der Waals surface area contributed by atoms with Gasteiger partial charge in [0, 0.05) is 0 Å². The van der Waals surface area contributed by atoms with Crippen LogP contribution in [-0.2, 0) is 22.0 Å². The van der Waals surface area contributed by atoms with Gasteiger partial charge in [0.2, 0.25) is 0 Å². The van der Waals surface area contributed by atoms with Gasteiger partial charge in [-0.2, -0.15) is 0 Å². The van der Waals surface area contributed by atoms with Crippen LogP contribution in [0.5, 0.6) is 0 Å². The van der Waals surface area contributed by atoms with Gasteiger partial charge in [0.15, 0.2) is 0 Å². The molecule has 0 amide bonds. The third-order valence-corrected chi connectivity index (χ3v) is 2.68. The number of hydrogen-bond acceptors (Lipinski definition) is 3. The van der Waals surface area contributed by atoms with Gasteiger partial charge in [0.05, 0.1) is 23.5 Å². The molecule has 0 bridgehead atoms. The molecule has 0 radical (unpaired) electrons. The van der Waals surface area contributed by atoms with Crippen molar-refractivity contribution in [3.05, 3.63) is 30.1 Å². The lowest BCUT2D eigenvalue weighted by Crippen LogP contribution is -2.15. The number of hydrogen-bond donors (Lipinski definition) is 0. The summed E-state index contributed by atoms with van der Waals surface area (Å²) >= 11 is 5.83. The number of aromatic nitrogens is 2. The van der Waals surface area contributed by atoms with Gasteiger partial charge in [0.1, 0.15) is 12.4 Å². The Bertz CT molecular complexity index is 536. The van der Waals surface area contributed by atoms with Crippen LogP contribution in [0, 0.1) is 0 Å². The fourth-order valence-corrected chi connectivity index (χ4v) is 1.94. The van der Waals surface area contributed by atoms with Gasteiger partial charge in [-0.25, -0.2) is 4.98 Å². The summed E-state index contributed by atoms with van der Waals surface area (Å²) in [5, 5.41) is 0. The van der Waals surface area contributed by atoms with E-state index in [0.717, 1.165) is 11.0 Å². The molecule has 0 saturated heterocycles. The van der Waals surface area contributed by atoms with E-state index in [1.54, 1.807) is 11.5 Å². The number of para-hydroxylation sites is 2. The van der Waals surface area contributed by atoms with E-state index in [1.165, 1.54) is 0 Å². The molecule has 0 saturated carbocycles. The zero-order valence-electron chi connectivity index (χ0n) is 9.52. The smallest absolute Gasteiger partial charge is 0.326 e. The van der Waals surface area contributed by atoms with Gasteiger partial charge in [-0.15, -0.1) is 11.6 Å². The van der Waals surface area contributed by atoms with Crippen molar-refractivity contribution in [2.75, 3.05) is 6.61 Å². The topological polar surface area (TPSA) is 44.1 Å². The van der Waals surface area contributed by atoms with E-state index in [4.69, 9.17) is 16.3 Å². The Labute approximate surface area is 104 Å². The number of halogens is 1. The van der Waals surface area contributed by atoms with Crippen LogP contribution in [0.3, 0.4) is 0 Å². The monoisotopic (exact) mass is 252 g/mol. The van der Waals surface area contributed by atoms with Crippen molar-refractivity contribution < 1.29 is 9.53 Å². The molecule has 0 aliphatic heterocycles. The first-order valence-corrected chi connectivity index (χ1v) is 5.95. The second-order valence-electron chi connectivity index (χ2n) is 3.54. The number of imidazole rings is 1. The predicted octanol–water partition coefficient (Wildman–Crippen LogP) is 2.34. The van der Waals surface area contributed by atoms with E-state index < -0.39 is 0 Å². The quantitative estimate of drug-likeness (QED) is 0.620. The molecule has 1 heterocycles. The molecule has 1 aromatic carbocycles. The Morgan fingerprint density at radius 1 is 1.47 bits per heavy atom. The maximum atomic E-state index is 11.5. The minimum atomic E-state index is -0.276. The van der Waals surface area contributed by atoms with Crippen LogP contribution in [0.25, 0.3) is 11.0 Å². The fourth-order valence-electron chi connectivity index (χ4n) is 1.74. The van der Waals surface area contributed by atoms with E-state index in [1.807, 2.05) is 24.3 Å². The molecule has 5 heteroatoms. The summed E-state index contributed by atoms with van der Waals surface area (Å²) in [4.78, 5) is 15.9. The van der Waals surface area contributed by atoms with Crippen LogP contribution in [0.2, 0.25) is 0 Å². The van der Waals surface area contributed by atoms with Crippen molar-refractivity contribution in [3.63, 3.8) is 0 Å². The van der Waals surface area contributed by atoms with E-state index in [0.29, 0.717) is 12.4 Å². The molecule has 0 atom stereocenters. The number of carbonyl (C=O) groups excluding carboxylic acids is 1. The first kappa shape index (κ1) is 11.9. The largest absolute Gasteiger partial charge is 0.465 e. The summed E-state index contributed by atoms with van der Waals surface area (Å²) in [6, 6.07) is 7.62. The van der Waals surface area contributed by atoms with Crippen LogP contribution in [0.4, 0.5) is 0 Å². The summed E-state index contributed by atoms with van der Waals surface area (Å²) in [7, 11) is 0. The highest BCUT2D eigenvalue weighted by molar-refractivity contribution is 6.16. The maximum Gasteiger partial charge on any atom is 0.326 e. The standard InChI is InChI=1S/C12H13ClN2O2/c1-2-17-12(16)8-15-10-6-4-3-5-9(10)14-11(15)7-13/h3-6H,2,7-8H2,1H3. The van der Waals surface area contributed by atoms with E-state index in [-0.39, 0.29) is 18.4 Å². The normalized spacial score (nSPS) is 10.7. The Balaban J connectivity index is 2.39. The highest BCUT2D eigenvalue weighted by Crippen LogP contribution is 2.17. The van der Waals surface area contributed by atoms with Gasteiger partial charge < -0.3 is 9.30 Å². The summed E-state index contributed by atoms with van der Waals surface area (Å²) in [5.41, 5.74) is 1.74. The Kier molecular flexibility index (Phi) is 3.64. The molecular formula is C12H13ClN2O2. The summed E-state index contributed by atoms with van der Waals surface area (Å²) in [6.07, 6.45) is 0. The zero-order chi connectivity index (χ0) is 12.3. The second kappa shape index (κ2) is 5.19. The maximum absolute atomic E-state index is 11.5. The number of ether oxygens (including phenoxy) is 1. The Hall–Kier alpha value is -1.55. The van der Waals surface area contributed by atoms with E-state index in [9.17, 15) is 4.79 Å². The molecule has 1 aromatic heterocycles. The average Bonchev–Trinajstić information content (AvgIpc) is 2.68. The molecule has 0 fully saturated rings. The highest BCUT2D eigenvalue weighted by Gasteiger charge is 2.12. The number of benzene rings is 1. The molecule has 0 spiro atoms. The molecule has 0 aliphatic rings. The minimum Gasteiger partial charge on any atom is -0.465 e. The summed E-state index contributed by atoms with van der Waals surface area (Å²) in [5.74, 6) is 0.677. The lowest BCUT2D eigenvalue weighted by molar-refractivity contribution is -0.143. The lowest BCUT2D eigenvalue weighted by Gasteiger charge is -2.06. The minimum absolute atomic E-state index is 0.149. The molecule has 2 aromatic rings. The van der Waals surface area contributed by atoms with Crippen molar-refractivity contribution in [2.24, 2.45) is 0 Å². The average molecular weight is 253 g/mol. The van der Waals surface area contributed by atoms with Gasteiger partial charge >= 0.3 is 5.97 Å². The summed E-state index contributed by atoms with van der Waals surface area (Å²) < 4.78 is 6.72. The van der Waals surface area contributed by atoms with Crippen molar-refractivity contribution in [3.8, 4) is 0 Å². The van der Waals surface area contributed by atoms with E-state index >= 15 is 0 Å². The molecule has 0 aliphatic carbocycles. The van der Waals surface area contributed by atoms with Gasteiger partial charge in [-0.1, -0.05) is 12.1 Å². The highest BCUT2D eigenvalue weighted by atomic mass is 35.5. The summed E-state index contributed by atoms with van der Waals surface area (Å²) in [6.45, 7) is 2.31. The number of fused-ring (bicyclic) bond motifs is 1. The van der Waals surface area contributed by atoms with Crippen LogP contribution in [0.15, 0.2) is 24.3 Å². The van der Waals surface area contributed by atoms with Gasteiger partial charge in [-0.3, -0.25) is 4.79 Å². The SMILES string of the molecule is CCOC(=O)Cn1c(CCl)nc2ccccc21. The van der Waals surface area contributed by atoms with E-state index in [2.05, 4.69) is 4.98 Å². The number of rotatable bonds is 4. The van der Waals surface area contributed by atoms with Gasteiger partial charge in [0.25, 0.3) is 0 Å². The van der Waals surface area contributed by atoms with Crippen molar-refractivity contribution in [2.45, 2.75) is 19.3 Å². The first-order chi connectivity index (χ1) is 8.26. The number of alkyl halides is 1. The van der Waals surface area contributed by atoms with Gasteiger partial charge in [-0.05, 0) is 19.1 Å². The Morgan fingerprint density at radius 3 is 2.94 bits per heavy atom. The predicted molar refractivity (Wildman–Crippen MR) is 65.9 cm³/mol. The van der Waals surface area contributed by atoms with Crippen molar-refractivity contribution >= 4 is 28.6 Å². The molecule has 0 N–H and O–H groups in total. The fraction of sp³-hybridized carbons (Fsp3) is 0.333. The third kappa shape index (κ3) is 2.42. The van der Waals surface area contributed by atoms with Crippen molar-refractivity contribution in [1.29, 1.82) is 0 Å². The number of nitrogens with zero attached hydrogens (tertiary/aromatic N) is 2. The molecule has 2 rings (SSSR count). The van der Waals surface area contributed by atoms with Crippen LogP contribution >= 0.6 is 11.6 Å². The van der Waals surface area contributed by atoms with Crippen LogP contribution in [-0.4, -0.2) is 22.1 Å². The molecule has 17 heavy (non-hydrogen) atoms. The van der Waals surface area contributed by atoms with Crippen LogP contribution < -0.4 is 0 Å². The Morgan fingerprint density at radius 2 is 2.24 bits per heavy atom. The first-order valence-electron chi connectivity index (χ1n) is 5.42. The zero-order valence-corrected chi connectivity index (χ0v) is 10.3. The number of carbonyl (C=O) groups is 1. The van der Waals surface area contributed by atoms with Crippen molar-refractivity contribution in [1.82, 2.24) is 9.55 Å². The molecular weight excluding hydrogens is 240 g/mol. The molecule has 0 unspecified atom stereocenters. The lowest BCUT2D eigenvalue weighted by atomic mass is 10.3.